The molecule has 0 saturated heterocycles. The van der Waals surface area contributed by atoms with Crippen molar-refractivity contribution in [1.82, 2.24) is 10.6 Å². The van der Waals surface area contributed by atoms with Gasteiger partial charge in [0, 0.05) is 26.7 Å². The first-order valence-electron chi connectivity index (χ1n) is 6.75. The van der Waals surface area contributed by atoms with Crippen LogP contribution >= 0.6 is 24.0 Å². The minimum Gasteiger partial charge on any atom is -0.380 e. The maximum absolute atomic E-state index is 5.28. The van der Waals surface area contributed by atoms with E-state index in [1.165, 1.54) is 16.7 Å². The molecule has 2 N–H and O–H groups in total. The molecule has 0 aliphatic rings. The summed E-state index contributed by atoms with van der Waals surface area (Å²) in [6.07, 6.45) is 0. The van der Waals surface area contributed by atoms with Gasteiger partial charge in [-0.05, 0) is 31.9 Å². The van der Waals surface area contributed by atoms with Crippen molar-refractivity contribution < 1.29 is 4.74 Å². The van der Waals surface area contributed by atoms with Crippen molar-refractivity contribution in [2.75, 3.05) is 26.8 Å². The highest BCUT2D eigenvalue weighted by Crippen LogP contribution is 2.09. The van der Waals surface area contributed by atoms with Gasteiger partial charge in [0.25, 0.3) is 0 Å². The minimum atomic E-state index is 0. The Morgan fingerprint density at radius 2 is 2.00 bits per heavy atom. The summed E-state index contributed by atoms with van der Waals surface area (Å²) < 4.78 is 5.28. The number of ether oxygens (including phenoxy) is 1. The van der Waals surface area contributed by atoms with Crippen LogP contribution in [-0.2, 0) is 11.3 Å². The van der Waals surface area contributed by atoms with Crippen LogP contribution in [0.25, 0.3) is 0 Å². The first-order valence-corrected chi connectivity index (χ1v) is 6.75. The van der Waals surface area contributed by atoms with Crippen LogP contribution in [0.1, 0.15) is 23.6 Å². The fourth-order valence-electron chi connectivity index (χ4n) is 1.83. The summed E-state index contributed by atoms with van der Waals surface area (Å²) in [5.74, 6) is 0.805. The Morgan fingerprint density at radius 1 is 1.25 bits per heavy atom. The molecule has 0 radical (unpaired) electrons. The molecule has 0 bridgehead atoms. The molecule has 20 heavy (non-hydrogen) atoms. The molecule has 0 aliphatic carbocycles. The molecule has 5 heteroatoms. The van der Waals surface area contributed by atoms with Crippen molar-refractivity contribution in [2.24, 2.45) is 4.99 Å². The van der Waals surface area contributed by atoms with Crippen molar-refractivity contribution >= 4 is 29.9 Å². The van der Waals surface area contributed by atoms with Crippen LogP contribution in [0, 0.1) is 13.8 Å². The molecule has 0 aliphatic heterocycles. The molecule has 0 fully saturated rings. The van der Waals surface area contributed by atoms with Crippen LogP contribution < -0.4 is 10.6 Å². The van der Waals surface area contributed by atoms with E-state index >= 15 is 0 Å². The van der Waals surface area contributed by atoms with Gasteiger partial charge < -0.3 is 15.4 Å². The highest BCUT2D eigenvalue weighted by Gasteiger charge is 2.01. The fourth-order valence-corrected chi connectivity index (χ4v) is 1.83. The van der Waals surface area contributed by atoms with Gasteiger partial charge in [-0.15, -0.1) is 24.0 Å². The molecular weight excluding hydrogens is 365 g/mol. The highest BCUT2D eigenvalue weighted by atomic mass is 127. The summed E-state index contributed by atoms with van der Waals surface area (Å²) in [4.78, 5) is 4.19. The Balaban J connectivity index is 0.00000361. The molecular formula is C15H26IN3O. The third kappa shape index (κ3) is 7.09. The molecule has 1 rings (SSSR count). The predicted octanol–water partition coefficient (Wildman–Crippen LogP) is 2.62. The molecule has 0 aromatic heterocycles. The van der Waals surface area contributed by atoms with E-state index in [1.807, 2.05) is 6.92 Å². The Morgan fingerprint density at radius 3 is 2.60 bits per heavy atom. The molecule has 0 unspecified atom stereocenters. The zero-order valence-corrected chi connectivity index (χ0v) is 15.2. The van der Waals surface area contributed by atoms with Gasteiger partial charge >= 0.3 is 0 Å². The normalized spacial score (nSPS) is 10.9. The number of guanidine groups is 1. The van der Waals surface area contributed by atoms with E-state index in [2.05, 4.69) is 47.7 Å². The molecule has 0 spiro atoms. The van der Waals surface area contributed by atoms with Gasteiger partial charge in [0.05, 0.1) is 6.61 Å². The van der Waals surface area contributed by atoms with E-state index in [1.54, 1.807) is 7.05 Å². The second-order valence-corrected chi connectivity index (χ2v) is 4.48. The van der Waals surface area contributed by atoms with Gasteiger partial charge in [-0.2, -0.15) is 0 Å². The number of aryl methyl sites for hydroxylation is 2. The van der Waals surface area contributed by atoms with E-state index in [0.717, 1.165) is 25.7 Å². The van der Waals surface area contributed by atoms with Crippen molar-refractivity contribution in [2.45, 2.75) is 27.3 Å². The lowest BCUT2D eigenvalue weighted by molar-refractivity contribution is 0.152. The van der Waals surface area contributed by atoms with Gasteiger partial charge in [-0.1, -0.05) is 23.8 Å². The van der Waals surface area contributed by atoms with Crippen LogP contribution in [0.2, 0.25) is 0 Å². The molecule has 4 nitrogen and oxygen atoms in total. The van der Waals surface area contributed by atoms with Gasteiger partial charge in [0.2, 0.25) is 0 Å². The lowest BCUT2D eigenvalue weighted by Crippen LogP contribution is -2.38. The summed E-state index contributed by atoms with van der Waals surface area (Å²) in [5, 5.41) is 6.53. The first-order chi connectivity index (χ1) is 9.17. The number of benzene rings is 1. The number of halogens is 1. The summed E-state index contributed by atoms with van der Waals surface area (Å²) >= 11 is 0. The van der Waals surface area contributed by atoms with Gasteiger partial charge in [-0.3, -0.25) is 4.99 Å². The summed E-state index contributed by atoms with van der Waals surface area (Å²) in [7, 11) is 1.78. The lowest BCUT2D eigenvalue weighted by atomic mass is 10.1. The number of rotatable bonds is 6. The lowest BCUT2D eigenvalue weighted by Gasteiger charge is -2.13. The van der Waals surface area contributed by atoms with Crippen LogP contribution in [0.4, 0.5) is 0 Å². The maximum Gasteiger partial charge on any atom is 0.191 e. The van der Waals surface area contributed by atoms with E-state index in [0.29, 0.717) is 6.61 Å². The monoisotopic (exact) mass is 391 g/mol. The van der Waals surface area contributed by atoms with Crippen LogP contribution in [0.15, 0.2) is 23.2 Å². The van der Waals surface area contributed by atoms with E-state index in [9.17, 15) is 0 Å². The van der Waals surface area contributed by atoms with Crippen molar-refractivity contribution in [3.63, 3.8) is 0 Å². The largest absolute Gasteiger partial charge is 0.380 e. The maximum atomic E-state index is 5.28. The smallest absolute Gasteiger partial charge is 0.191 e. The molecule has 114 valence electrons. The molecule has 1 aromatic carbocycles. The molecule has 0 saturated carbocycles. The fraction of sp³-hybridized carbons (Fsp3) is 0.533. The summed E-state index contributed by atoms with van der Waals surface area (Å²) in [5.41, 5.74) is 3.89. The number of nitrogens with one attached hydrogen (secondary N) is 2. The minimum absolute atomic E-state index is 0. The third-order valence-electron chi connectivity index (χ3n) is 2.91. The summed E-state index contributed by atoms with van der Waals surface area (Å²) in [6, 6.07) is 6.49. The molecule has 0 heterocycles. The van der Waals surface area contributed by atoms with Gasteiger partial charge in [-0.25, -0.2) is 0 Å². The van der Waals surface area contributed by atoms with Crippen molar-refractivity contribution in [3.8, 4) is 0 Å². The van der Waals surface area contributed by atoms with Gasteiger partial charge in [0.15, 0.2) is 5.96 Å². The molecule has 0 atom stereocenters. The average molecular weight is 391 g/mol. The van der Waals surface area contributed by atoms with Crippen LogP contribution in [0.5, 0.6) is 0 Å². The molecule has 0 amide bonds. The van der Waals surface area contributed by atoms with Crippen molar-refractivity contribution in [1.29, 1.82) is 0 Å². The Labute approximate surface area is 139 Å². The number of hydrogen-bond donors (Lipinski definition) is 2. The SMILES string of the molecule is CCOCCNC(=NC)NCc1ccc(C)cc1C.I. The zero-order valence-electron chi connectivity index (χ0n) is 12.8. The average Bonchev–Trinajstić information content (AvgIpc) is 2.40. The first kappa shape index (κ1) is 19.2. The van der Waals surface area contributed by atoms with E-state index < -0.39 is 0 Å². The standard InChI is InChI=1S/C15H25N3O.HI/c1-5-19-9-8-17-15(16-4)18-11-14-7-6-12(2)10-13(14)3;/h6-7,10H,5,8-9,11H2,1-4H3,(H2,16,17,18);1H. The van der Waals surface area contributed by atoms with E-state index in [-0.39, 0.29) is 24.0 Å². The number of nitrogens with zero attached hydrogens (tertiary/aromatic N) is 1. The predicted molar refractivity (Wildman–Crippen MR) is 96.0 cm³/mol. The number of hydrogen-bond acceptors (Lipinski definition) is 2. The molecule has 1 aromatic rings. The van der Waals surface area contributed by atoms with Gasteiger partial charge in [0.1, 0.15) is 0 Å². The Bertz CT molecular complexity index is 422. The number of aliphatic imine (C=N–C) groups is 1. The van der Waals surface area contributed by atoms with Crippen LogP contribution in [0.3, 0.4) is 0 Å². The topological polar surface area (TPSA) is 45.6 Å². The Kier molecular flexibility index (Phi) is 10.5. The third-order valence-corrected chi connectivity index (χ3v) is 2.91. The quantitative estimate of drug-likeness (QED) is 0.339. The Hall–Kier alpha value is -0.820. The summed E-state index contributed by atoms with van der Waals surface area (Å²) in [6.45, 7) is 9.22. The highest BCUT2D eigenvalue weighted by molar-refractivity contribution is 14.0. The second kappa shape index (κ2) is 10.9. The van der Waals surface area contributed by atoms with Crippen LogP contribution in [-0.4, -0.2) is 32.8 Å². The zero-order chi connectivity index (χ0) is 14.1. The van der Waals surface area contributed by atoms with E-state index in [4.69, 9.17) is 4.74 Å². The second-order valence-electron chi connectivity index (χ2n) is 4.48. The van der Waals surface area contributed by atoms with Crippen molar-refractivity contribution in [3.05, 3.63) is 34.9 Å².